The minimum absolute atomic E-state index is 0.00392. The molecule has 0 aliphatic heterocycles. The molecular weight excluding hydrogens is 374 g/mol. The molecule has 0 aliphatic rings. The smallest absolute Gasteiger partial charge is 0.352 e. The summed E-state index contributed by atoms with van der Waals surface area (Å²) in [6, 6.07) is 11.1. The van der Waals surface area contributed by atoms with E-state index in [1.807, 2.05) is 38.1 Å². The normalized spacial score (nSPS) is 11.2. The zero-order valence-corrected chi connectivity index (χ0v) is 15.9. The number of nitrogens with zero attached hydrogens (tertiary/aromatic N) is 4. The third-order valence-electron chi connectivity index (χ3n) is 3.46. The zero-order valence-electron chi connectivity index (χ0n) is 14.3. The molecule has 9 heteroatoms. The standard InChI is InChI=1S/C17H18ClN5O2S/c1-11(2)19-15(24)9-22-17(25)23-14(20-22)7-8-16(21-23)26-10-12-3-5-13(18)6-4-12/h3-8,11H,9-10H2,1-2H3,(H,19,24). The first-order valence-corrected chi connectivity index (χ1v) is 9.42. The molecule has 3 aromatic rings. The average Bonchev–Trinajstić information content (AvgIpc) is 2.89. The number of rotatable bonds is 6. The summed E-state index contributed by atoms with van der Waals surface area (Å²) in [6.07, 6.45) is 0. The summed E-state index contributed by atoms with van der Waals surface area (Å²) >= 11 is 7.39. The summed E-state index contributed by atoms with van der Waals surface area (Å²) < 4.78 is 2.33. The van der Waals surface area contributed by atoms with Gasteiger partial charge >= 0.3 is 5.69 Å². The molecule has 0 unspecified atom stereocenters. The predicted octanol–water partition coefficient (Wildman–Crippen LogP) is 2.36. The summed E-state index contributed by atoms with van der Waals surface area (Å²) in [4.78, 5) is 24.3. The summed E-state index contributed by atoms with van der Waals surface area (Å²) in [5.74, 6) is 0.442. The molecule has 26 heavy (non-hydrogen) atoms. The van der Waals surface area contributed by atoms with Crippen LogP contribution in [0.1, 0.15) is 19.4 Å². The number of hydrogen-bond donors (Lipinski definition) is 1. The van der Waals surface area contributed by atoms with Gasteiger partial charge in [0.25, 0.3) is 0 Å². The highest BCUT2D eigenvalue weighted by atomic mass is 35.5. The van der Waals surface area contributed by atoms with Gasteiger partial charge in [0.05, 0.1) is 0 Å². The molecule has 3 rings (SSSR count). The molecule has 1 N–H and O–H groups in total. The van der Waals surface area contributed by atoms with E-state index in [1.165, 1.54) is 16.3 Å². The van der Waals surface area contributed by atoms with E-state index in [2.05, 4.69) is 15.5 Å². The van der Waals surface area contributed by atoms with Gasteiger partial charge in [0.2, 0.25) is 5.91 Å². The fourth-order valence-corrected chi connectivity index (χ4v) is 3.25. The van der Waals surface area contributed by atoms with Gasteiger partial charge in [-0.1, -0.05) is 35.5 Å². The Labute approximate surface area is 159 Å². The molecule has 2 heterocycles. The fourth-order valence-electron chi connectivity index (χ4n) is 2.31. The van der Waals surface area contributed by atoms with Gasteiger partial charge in [0, 0.05) is 16.8 Å². The number of carbonyl (C=O) groups excluding carboxylic acids is 1. The fraction of sp³-hybridized carbons (Fsp3) is 0.294. The van der Waals surface area contributed by atoms with Crippen molar-refractivity contribution >= 4 is 34.9 Å². The molecule has 136 valence electrons. The summed E-state index contributed by atoms with van der Waals surface area (Å²) in [6.45, 7) is 3.58. The van der Waals surface area contributed by atoms with Crippen molar-refractivity contribution in [3.8, 4) is 0 Å². The van der Waals surface area contributed by atoms with E-state index in [-0.39, 0.29) is 18.5 Å². The van der Waals surface area contributed by atoms with Crippen molar-refractivity contribution in [3.63, 3.8) is 0 Å². The maximum atomic E-state index is 12.4. The molecule has 0 saturated heterocycles. The van der Waals surface area contributed by atoms with Crippen molar-refractivity contribution in [1.29, 1.82) is 0 Å². The van der Waals surface area contributed by atoms with Crippen LogP contribution in [0.5, 0.6) is 0 Å². The topological polar surface area (TPSA) is 81.3 Å². The number of benzene rings is 1. The van der Waals surface area contributed by atoms with Crippen molar-refractivity contribution in [2.75, 3.05) is 0 Å². The Balaban J connectivity index is 1.75. The lowest BCUT2D eigenvalue weighted by atomic mass is 10.2. The first-order chi connectivity index (χ1) is 12.4. The minimum Gasteiger partial charge on any atom is -0.352 e. The first kappa shape index (κ1) is 18.5. The number of amides is 1. The highest BCUT2D eigenvalue weighted by Gasteiger charge is 2.13. The molecule has 0 radical (unpaired) electrons. The van der Waals surface area contributed by atoms with Crippen LogP contribution in [0.25, 0.3) is 5.65 Å². The van der Waals surface area contributed by atoms with E-state index in [0.717, 1.165) is 10.2 Å². The van der Waals surface area contributed by atoms with Gasteiger partial charge in [-0.15, -0.1) is 5.10 Å². The molecule has 7 nitrogen and oxygen atoms in total. The van der Waals surface area contributed by atoms with Crippen LogP contribution in [0.2, 0.25) is 5.02 Å². The SMILES string of the molecule is CC(C)NC(=O)Cn1nc2ccc(SCc3ccc(Cl)cc3)nn2c1=O. The number of halogens is 1. The average molecular weight is 392 g/mol. The zero-order chi connectivity index (χ0) is 18.7. The predicted molar refractivity (Wildman–Crippen MR) is 102 cm³/mol. The van der Waals surface area contributed by atoms with Crippen LogP contribution in [0.15, 0.2) is 46.2 Å². The lowest BCUT2D eigenvalue weighted by Gasteiger charge is -2.06. The first-order valence-electron chi connectivity index (χ1n) is 8.06. The monoisotopic (exact) mass is 391 g/mol. The van der Waals surface area contributed by atoms with Crippen LogP contribution in [0, 0.1) is 0 Å². The number of nitrogens with one attached hydrogen (secondary N) is 1. The molecule has 1 amide bonds. The number of thioether (sulfide) groups is 1. The molecule has 0 spiro atoms. The van der Waals surface area contributed by atoms with Crippen LogP contribution in [0.4, 0.5) is 0 Å². The Morgan fingerprint density at radius 1 is 1.19 bits per heavy atom. The third kappa shape index (κ3) is 4.44. The highest BCUT2D eigenvalue weighted by Crippen LogP contribution is 2.21. The van der Waals surface area contributed by atoms with Crippen molar-refractivity contribution in [2.24, 2.45) is 0 Å². The van der Waals surface area contributed by atoms with Gasteiger partial charge in [0.1, 0.15) is 11.6 Å². The largest absolute Gasteiger partial charge is 0.367 e. The Kier molecular flexibility index (Phi) is 5.63. The van der Waals surface area contributed by atoms with Gasteiger partial charge in [-0.3, -0.25) is 4.79 Å². The lowest BCUT2D eigenvalue weighted by Crippen LogP contribution is -2.36. The molecule has 0 fully saturated rings. The molecular formula is C17H18ClN5O2S. The number of carbonyl (C=O) groups is 1. The Bertz CT molecular complexity index is 981. The Hall–Kier alpha value is -2.32. The quantitative estimate of drug-likeness (QED) is 0.652. The van der Waals surface area contributed by atoms with Crippen LogP contribution in [-0.4, -0.2) is 31.3 Å². The lowest BCUT2D eigenvalue weighted by molar-refractivity contribution is -0.122. The van der Waals surface area contributed by atoms with Gasteiger partial charge in [-0.2, -0.15) is 9.61 Å². The van der Waals surface area contributed by atoms with Crippen LogP contribution in [-0.2, 0) is 17.1 Å². The maximum absolute atomic E-state index is 12.4. The summed E-state index contributed by atoms with van der Waals surface area (Å²) in [7, 11) is 0. The molecule has 2 aromatic heterocycles. The van der Waals surface area contributed by atoms with Crippen molar-refractivity contribution in [1.82, 2.24) is 24.7 Å². The molecule has 0 atom stereocenters. The van der Waals surface area contributed by atoms with E-state index in [9.17, 15) is 9.59 Å². The second-order valence-corrected chi connectivity index (χ2v) is 7.45. The molecule has 0 aliphatic carbocycles. The van der Waals surface area contributed by atoms with E-state index in [1.54, 1.807) is 12.1 Å². The molecule has 1 aromatic carbocycles. The van der Waals surface area contributed by atoms with Crippen molar-refractivity contribution in [2.45, 2.75) is 37.2 Å². The van der Waals surface area contributed by atoms with E-state index >= 15 is 0 Å². The maximum Gasteiger partial charge on any atom is 0.367 e. The van der Waals surface area contributed by atoms with Crippen LogP contribution >= 0.6 is 23.4 Å². The number of aromatic nitrogens is 4. The third-order valence-corrected chi connectivity index (χ3v) is 4.70. The van der Waals surface area contributed by atoms with Gasteiger partial charge < -0.3 is 5.32 Å². The second-order valence-electron chi connectivity index (χ2n) is 6.02. The molecule has 0 bridgehead atoms. The number of fused-ring (bicyclic) bond motifs is 1. The Morgan fingerprint density at radius 2 is 1.92 bits per heavy atom. The summed E-state index contributed by atoms with van der Waals surface area (Å²) in [5.41, 5.74) is 1.07. The van der Waals surface area contributed by atoms with E-state index in [4.69, 9.17) is 11.6 Å². The van der Waals surface area contributed by atoms with Gasteiger partial charge in [-0.25, -0.2) is 9.48 Å². The van der Waals surface area contributed by atoms with E-state index in [0.29, 0.717) is 21.4 Å². The highest BCUT2D eigenvalue weighted by molar-refractivity contribution is 7.98. The van der Waals surface area contributed by atoms with Crippen molar-refractivity contribution in [3.05, 3.63) is 57.5 Å². The van der Waals surface area contributed by atoms with Gasteiger partial charge in [-0.05, 0) is 43.7 Å². The van der Waals surface area contributed by atoms with Crippen LogP contribution < -0.4 is 11.0 Å². The number of hydrogen-bond acceptors (Lipinski definition) is 5. The van der Waals surface area contributed by atoms with Crippen molar-refractivity contribution < 1.29 is 4.79 Å². The molecule has 0 saturated carbocycles. The van der Waals surface area contributed by atoms with Crippen LogP contribution in [0.3, 0.4) is 0 Å². The van der Waals surface area contributed by atoms with Gasteiger partial charge in [0.15, 0.2) is 5.65 Å². The Morgan fingerprint density at radius 3 is 2.62 bits per heavy atom. The minimum atomic E-state index is -0.437. The van der Waals surface area contributed by atoms with E-state index < -0.39 is 5.69 Å². The second kappa shape index (κ2) is 7.92. The summed E-state index contributed by atoms with van der Waals surface area (Å²) in [5, 5.41) is 12.6.